The molecule has 0 fully saturated rings. The lowest BCUT2D eigenvalue weighted by atomic mass is 10.1. The number of rotatable bonds is 4. The summed E-state index contributed by atoms with van der Waals surface area (Å²) >= 11 is 1.89. The van der Waals surface area contributed by atoms with Gasteiger partial charge in [0.15, 0.2) is 0 Å². The van der Waals surface area contributed by atoms with Gasteiger partial charge in [0.1, 0.15) is 5.82 Å². The molecule has 3 nitrogen and oxygen atoms in total. The highest BCUT2D eigenvalue weighted by molar-refractivity contribution is 7.10. The molecule has 0 saturated heterocycles. The lowest BCUT2D eigenvalue weighted by Gasteiger charge is -2.30. The molecule has 0 bridgehead atoms. The number of thiophene rings is 1. The van der Waals surface area contributed by atoms with Crippen molar-refractivity contribution in [1.29, 1.82) is 0 Å². The quantitative estimate of drug-likeness (QED) is 0.938. The fourth-order valence-electron chi connectivity index (χ4n) is 3.00. The first-order chi connectivity index (χ1) is 10.2. The minimum absolute atomic E-state index is 0.901. The average Bonchev–Trinajstić information content (AvgIpc) is 2.93. The van der Waals surface area contributed by atoms with Crippen LogP contribution in [0, 0.1) is 13.8 Å². The van der Waals surface area contributed by atoms with Crippen molar-refractivity contribution >= 4 is 17.2 Å². The molecular weight excluding hydrogens is 278 g/mol. The SMILES string of the molecule is CCNCc1c(C)cc(C)nc1N1CCc2sccc2C1. The van der Waals surface area contributed by atoms with E-state index in [1.807, 2.05) is 11.3 Å². The predicted octanol–water partition coefficient (Wildman–Crippen LogP) is 3.43. The smallest absolute Gasteiger partial charge is 0.133 e. The van der Waals surface area contributed by atoms with Crippen molar-refractivity contribution in [3.63, 3.8) is 0 Å². The number of nitrogens with zero attached hydrogens (tertiary/aromatic N) is 2. The van der Waals surface area contributed by atoms with Crippen LogP contribution in [-0.4, -0.2) is 18.1 Å². The number of nitrogens with one attached hydrogen (secondary N) is 1. The van der Waals surface area contributed by atoms with Crippen molar-refractivity contribution in [1.82, 2.24) is 10.3 Å². The van der Waals surface area contributed by atoms with E-state index in [0.717, 1.165) is 38.3 Å². The predicted molar refractivity (Wildman–Crippen MR) is 90.2 cm³/mol. The van der Waals surface area contributed by atoms with Crippen LogP contribution >= 0.6 is 11.3 Å². The highest BCUT2D eigenvalue weighted by Gasteiger charge is 2.21. The minimum Gasteiger partial charge on any atom is -0.352 e. The van der Waals surface area contributed by atoms with Crippen molar-refractivity contribution in [2.45, 2.75) is 40.3 Å². The van der Waals surface area contributed by atoms with Gasteiger partial charge < -0.3 is 10.2 Å². The van der Waals surface area contributed by atoms with Gasteiger partial charge in [-0.2, -0.15) is 0 Å². The molecule has 0 spiro atoms. The van der Waals surface area contributed by atoms with Gasteiger partial charge in [-0.15, -0.1) is 11.3 Å². The van der Waals surface area contributed by atoms with Crippen molar-refractivity contribution in [2.75, 3.05) is 18.0 Å². The molecule has 0 unspecified atom stereocenters. The molecule has 0 saturated carbocycles. The largest absolute Gasteiger partial charge is 0.352 e. The first-order valence-corrected chi connectivity index (χ1v) is 8.55. The molecule has 0 aromatic carbocycles. The molecule has 3 rings (SSSR count). The molecule has 2 aromatic heterocycles. The van der Waals surface area contributed by atoms with Gasteiger partial charge in [0, 0.05) is 35.8 Å². The molecule has 3 heterocycles. The number of fused-ring (bicyclic) bond motifs is 1. The highest BCUT2D eigenvalue weighted by Crippen LogP contribution is 2.30. The Morgan fingerprint density at radius 1 is 1.38 bits per heavy atom. The van der Waals surface area contributed by atoms with Gasteiger partial charge in [-0.3, -0.25) is 0 Å². The topological polar surface area (TPSA) is 28.2 Å². The molecule has 1 N–H and O–H groups in total. The number of hydrogen-bond acceptors (Lipinski definition) is 4. The molecule has 0 aliphatic carbocycles. The second kappa shape index (κ2) is 6.16. The van der Waals surface area contributed by atoms with E-state index in [1.54, 1.807) is 4.88 Å². The lowest BCUT2D eigenvalue weighted by molar-refractivity contribution is 0.691. The van der Waals surface area contributed by atoms with E-state index >= 15 is 0 Å². The monoisotopic (exact) mass is 301 g/mol. The van der Waals surface area contributed by atoms with Gasteiger partial charge in [0.25, 0.3) is 0 Å². The minimum atomic E-state index is 0.901. The molecule has 1 aliphatic heterocycles. The average molecular weight is 301 g/mol. The summed E-state index contributed by atoms with van der Waals surface area (Å²) < 4.78 is 0. The third-order valence-corrected chi connectivity index (χ3v) is 5.14. The summed E-state index contributed by atoms with van der Waals surface area (Å²) in [5.41, 5.74) is 5.27. The van der Waals surface area contributed by atoms with Crippen LogP contribution in [0.15, 0.2) is 17.5 Å². The number of aryl methyl sites for hydroxylation is 2. The third-order valence-electron chi connectivity index (χ3n) is 4.11. The maximum Gasteiger partial charge on any atom is 0.133 e. The number of hydrogen-bond donors (Lipinski definition) is 1. The normalized spacial score (nSPS) is 14.3. The van der Waals surface area contributed by atoms with E-state index in [1.165, 1.54) is 22.5 Å². The number of aromatic nitrogens is 1. The van der Waals surface area contributed by atoms with Crippen LogP contribution in [0.4, 0.5) is 5.82 Å². The summed E-state index contributed by atoms with van der Waals surface area (Å²) in [5, 5.41) is 5.66. The van der Waals surface area contributed by atoms with Crippen molar-refractivity contribution in [3.05, 3.63) is 44.8 Å². The highest BCUT2D eigenvalue weighted by atomic mass is 32.1. The Bertz CT molecular complexity index is 633. The summed E-state index contributed by atoms with van der Waals surface area (Å²) in [5.74, 6) is 1.17. The zero-order chi connectivity index (χ0) is 14.8. The molecular formula is C17H23N3S. The van der Waals surface area contributed by atoms with Crippen LogP contribution in [0.5, 0.6) is 0 Å². The van der Waals surface area contributed by atoms with Crippen LogP contribution < -0.4 is 10.2 Å². The van der Waals surface area contributed by atoms with Gasteiger partial charge >= 0.3 is 0 Å². The zero-order valence-electron chi connectivity index (χ0n) is 13.1. The zero-order valence-corrected chi connectivity index (χ0v) is 13.9. The van der Waals surface area contributed by atoms with E-state index < -0.39 is 0 Å². The molecule has 0 amide bonds. The van der Waals surface area contributed by atoms with Crippen molar-refractivity contribution in [3.8, 4) is 0 Å². The fraction of sp³-hybridized carbons (Fsp3) is 0.471. The van der Waals surface area contributed by atoms with Gasteiger partial charge in [0.05, 0.1) is 0 Å². The standard InChI is InChI=1S/C17H23N3S/c1-4-18-10-15-12(2)9-13(3)19-17(15)20-7-5-16-14(11-20)6-8-21-16/h6,8-9,18H,4-5,7,10-11H2,1-3H3. The summed E-state index contributed by atoms with van der Waals surface area (Å²) in [6.45, 7) is 10.4. The van der Waals surface area contributed by atoms with Crippen molar-refractivity contribution < 1.29 is 0 Å². The Labute approximate surface area is 131 Å². The maximum absolute atomic E-state index is 4.86. The van der Waals surface area contributed by atoms with E-state index in [0.29, 0.717) is 0 Å². The van der Waals surface area contributed by atoms with E-state index in [2.05, 4.69) is 48.5 Å². The van der Waals surface area contributed by atoms with Gasteiger partial charge in [0.2, 0.25) is 0 Å². The first kappa shape index (κ1) is 14.5. The molecule has 4 heteroatoms. The molecule has 21 heavy (non-hydrogen) atoms. The van der Waals surface area contributed by atoms with Crippen LogP contribution in [0.1, 0.15) is 34.2 Å². The molecule has 0 atom stereocenters. The molecule has 1 aliphatic rings. The van der Waals surface area contributed by atoms with E-state index in [-0.39, 0.29) is 0 Å². The van der Waals surface area contributed by atoms with E-state index in [9.17, 15) is 0 Å². The summed E-state index contributed by atoms with van der Waals surface area (Å²) in [7, 11) is 0. The van der Waals surface area contributed by atoms with Crippen LogP contribution in [0.2, 0.25) is 0 Å². The van der Waals surface area contributed by atoms with Gasteiger partial charge in [-0.1, -0.05) is 6.92 Å². The van der Waals surface area contributed by atoms with Crippen LogP contribution in [-0.2, 0) is 19.5 Å². The maximum atomic E-state index is 4.86. The van der Waals surface area contributed by atoms with E-state index in [4.69, 9.17) is 4.98 Å². The Morgan fingerprint density at radius 3 is 3.05 bits per heavy atom. The summed E-state index contributed by atoms with van der Waals surface area (Å²) in [4.78, 5) is 8.85. The first-order valence-electron chi connectivity index (χ1n) is 7.67. The Kier molecular flexibility index (Phi) is 4.27. The molecule has 112 valence electrons. The summed E-state index contributed by atoms with van der Waals surface area (Å²) in [6, 6.07) is 4.45. The second-order valence-electron chi connectivity index (χ2n) is 5.70. The Balaban J connectivity index is 1.94. The second-order valence-corrected chi connectivity index (χ2v) is 6.70. The Hall–Kier alpha value is -1.39. The fourth-order valence-corrected chi connectivity index (χ4v) is 3.89. The molecule has 0 radical (unpaired) electrons. The van der Waals surface area contributed by atoms with Gasteiger partial charge in [-0.25, -0.2) is 4.98 Å². The number of pyridine rings is 1. The van der Waals surface area contributed by atoms with Gasteiger partial charge in [-0.05, 0) is 55.5 Å². The molecule has 2 aromatic rings. The van der Waals surface area contributed by atoms with Crippen molar-refractivity contribution in [2.24, 2.45) is 0 Å². The third kappa shape index (κ3) is 2.97. The Morgan fingerprint density at radius 2 is 2.24 bits per heavy atom. The number of anilines is 1. The van der Waals surface area contributed by atoms with Crippen LogP contribution in [0.25, 0.3) is 0 Å². The van der Waals surface area contributed by atoms with Crippen LogP contribution in [0.3, 0.4) is 0 Å². The lowest BCUT2D eigenvalue weighted by Crippen LogP contribution is -2.32. The summed E-state index contributed by atoms with van der Waals surface area (Å²) in [6.07, 6.45) is 1.14.